The Morgan fingerprint density at radius 1 is 1.26 bits per heavy atom. The van der Waals surface area contributed by atoms with Crippen LogP contribution in [0.2, 0.25) is 5.02 Å². The molecule has 0 saturated carbocycles. The molecule has 0 unspecified atom stereocenters. The lowest BCUT2D eigenvalue weighted by Gasteiger charge is -2.10. The summed E-state index contributed by atoms with van der Waals surface area (Å²) >= 11 is 6.02. The van der Waals surface area contributed by atoms with E-state index in [2.05, 4.69) is 10.3 Å². The molecule has 0 radical (unpaired) electrons. The van der Waals surface area contributed by atoms with Crippen LogP contribution < -0.4 is 5.32 Å². The number of carbonyl (C=O) groups is 1. The zero-order chi connectivity index (χ0) is 16.6. The number of anilines is 1. The monoisotopic (exact) mass is 327 g/mol. The van der Waals surface area contributed by atoms with E-state index < -0.39 is 0 Å². The van der Waals surface area contributed by atoms with Crippen LogP contribution >= 0.6 is 11.6 Å². The first-order valence-electron chi connectivity index (χ1n) is 7.54. The van der Waals surface area contributed by atoms with Crippen molar-refractivity contribution >= 4 is 28.8 Å². The van der Waals surface area contributed by atoms with Gasteiger partial charge in [-0.3, -0.25) is 9.20 Å². The quantitative estimate of drug-likeness (QED) is 0.774. The molecule has 2 aromatic heterocycles. The second-order valence-corrected chi connectivity index (χ2v) is 6.04. The van der Waals surface area contributed by atoms with Crippen molar-refractivity contribution in [1.29, 1.82) is 0 Å². The van der Waals surface area contributed by atoms with Crippen molar-refractivity contribution in [2.24, 2.45) is 0 Å². The van der Waals surface area contributed by atoms with Gasteiger partial charge in [-0.15, -0.1) is 0 Å². The van der Waals surface area contributed by atoms with Gasteiger partial charge in [0, 0.05) is 23.0 Å². The SMILES string of the molecule is CCc1nc2cc(Cl)ccn2c1C(=O)Nc1cc(C)ccc1C. The molecule has 2 heterocycles. The van der Waals surface area contributed by atoms with Crippen LogP contribution in [0.25, 0.3) is 5.65 Å². The zero-order valence-electron chi connectivity index (χ0n) is 13.4. The van der Waals surface area contributed by atoms with Crippen LogP contribution in [-0.4, -0.2) is 15.3 Å². The Labute approximate surface area is 140 Å². The number of amides is 1. The maximum Gasteiger partial charge on any atom is 0.274 e. The van der Waals surface area contributed by atoms with Gasteiger partial charge in [0.2, 0.25) is 0 Å². The molecule has 1 amide bonds. The van der Waals surface area contributed by atoms with Gasteiger partial charge in [-0.25, -0.2) is 4.98 Å². The molecule has 1 N–H and O–H groups in total. The molecule has 0 aliphatic heterocycles. The van der Waals surface area contributed by atoms with Crippen molar-refractivity contribution in [3.8, 4) is 0 Å². The lowest BCUT2D eigenvalue weighted by Crippen LogP contribution is -2.17. The van der Waals surface area contributed by atoms with Crippen LogP contribution in [0.15, 0.2) is 36.5 Å². The molecule has 4 nitrogen and oxygen atoms in total. The highest BCUT2D eigenvalue weighted by Gasteiger charge is 2.19. The highest BCUT2D eigenvalue weighted by atomic mass is 35.5. The Bertz CT molecular complexity index is 899. The van der Waals surface area contributed by atoms with Crippen LogP contribution in [0.3, 0.4) is 0 Å². The number of aromatic nitrogens is 2. The summed E-state index contributed by atoms with van der Waals surface area (Å²) in [4.78, 5) is 17.3. The highest BCUT2D eigenvalue weighted by molar-refractivity contribution is 6.30. The summed E-state index contributed by atoms with van der Waals surface area (Å²) in [7, 11) is 0. The molecule has 5 heteroatoms. The predicted molar refractivity (Wildman–Crippen MR) is 93.4 cm³/mol. The number of aryl methyl sites for hydroxylation is 3. The van der Waals surface area contributed by atoms with Gasteiger partial charge in [0.1, 0.15) is 11.3 Å². The molecule has 3 aromatic rings. The van der Waals surface area contributed by atoms with E-state index in [1.165, 1.54) is 0 Å². The van der Waals surface area contributed by atoms with Gasteiger partial charge in [0.15, 0.2) is 0 Å². The first kappa shape index (κ1) is 15.6. The number of halogens is 1. The van der Waals surface area contributed by atoms with Crippen LogP contribution in [0.5, 0.6) is 0 Å². The Morgan fingerprint density at radius 2 is 2.04 bits per heavy atom. The number of rotatable bonds is 3. The number of carbonyl (C=O) groups excluding carboxylic acids is 1. The Hall–Kier alpha value is -2.33. The number of pyridine rings is 1. The van der Waals surface area contributed by atoms with E-state index in [0.717, 1.165) is 22.5 Å². The Morgan fingerprint density at radius 3 is 2.78 bits per heavy atom. The van der Waals surface area contributed by atoms with Gasteiger partial charge in [-0.1, -0.05) is 30.7 Å². The van der Waals surface area contributed by atoms with E-state index in [4.69, 9.17) is 11.6 Å². The van der Waals surface area contributed by atoms with Gasteiger partial charge in [0.05, 0.1) is 5.69 Å². The lowest BCUT2D eigenvalue weighted by atomic mass is 10.1. The number of nitrogens with one attached hydrogen (secondary N) is 1. The van der Waals surface area contributed by atoms with Crippen molar-refractivity contribution in [2.75, 3.05) is 5.32 Å². The summed E-state index contributed by atoms with van der Waals surface area (Å²) in [6.07, 6.45) is 2.46. The standard InChI is InChI=1S/C18H18ClN3O/c1-4-14-17(22-8-7-13(19)10-16(22)20-14)18(23)21-15-9-11(2)5-6-12(15)3/h5-10H,4H2,1-3H3,(H,21,23). The fraction of sp³-hybridized carbons (Fsp3) is 0.222. The molecular formula is C18H18ClN3O. The molecule has 0 fully saturated rings. The summed E-state index contributed by atoms with van der Waals surface area (Å²) < 4.78 is 1.78. The molecule has 0 bridgehead atoms. The molecule has 0 saturated heterocycles. The maximum absolute atomic E-state index is 12.8. The number of benzene rings is 1. The van der Waals surface area contributed by atoms with Gasteiger partial charge < -0.3 is 5.32 Å². The fourth-order valence-electron chi connectivity index (χ4n) is 2.61. The Kier molecular flexibility index (Phi) is 4.09. The summed E-state index contributed by atoms with van der Waals surface area (Å²) in [5.74, 6) is -0.162. The molecular weight excluding hydrogens is 310 g/mol. The molecule has 1 aromatic carbocycles. The van der Waals surface area contributed by atoms with Crippen molar-refractivity contribution in [3.05, 3.63) is 64.1 Å². The van der Waals surface area contributed by atoms with E-state index in [1.54, 1.807) is 22.7 Å². The number of fused-ring (bicyclic) bond motifs is 1. The van der Waals surface area contributed by atoms with E-state index in [1.807, 2.05) is 39.0 Å². The highest BCUT2D eigenvalue weighted by Crippen LogP contribution is 2.21. The number of hydrogen-bond acceptors (Lipinski definition) is 2. The summed E-state index contributed by atoms with van der Waals surface area (Å²) in [6.45, 7) is 5.96. The third-order valence-corrected chi connectivity index (χ3v) is 4.09. The van der Waals surface area contributed by atoms with Gasteiger partial charge >= 0.3 is 0 Å². The minimum Gasteiger partial charge on any atom is -0.320 e. The van der Waals surface area contributed by atoms with Crippen LogP contribution in [0, 0.1) is 13.8 Å². The predicted octanol–water partition coefficient (Wildman–Crippen LogP) is 4.42. The largest absolute Gasteiger partial charge is 0.320 e. The molecule has 3 rings (SSSR count). The number of hydrogen-bond donors (Lipinski definition) is 1. The maximum atomic E-state index is 12.8. The summed E-state index contributed by atoms with van der Waals surface area (Å²) in [5, 5.41) is 3.61. The van der Waals surface area contributed by atoms with Gasteiger partial charge in [0.25, 0.3) is 5.91 Å². The van der Waals surface area contributed by atoms with Crippen molar-refractivity contribution in [3.63, 3.8) is 0 Å². The fourth-order valence-corrected chi connectivity index (χ4v) is 2.76. The van der Waals surface area contributed by atoms with Crippen LogP contribution in [0.1, 0.15) is 34.2 Å². The third-order valence-electron chi connectivity index (χ3n) is 3.85. The average Bonchev–Trinajstić information content (AvgIpc) is 2.88. The molecule has 0 spiro atoms. The normalized spacial score (nSPS) is 11.0. The van der Waals surface area contributed by atoms with Crippen molar-refractivity contribution < 1.29 is 4.79 Å². The molecule has 0 aliphatic rings. The van der Waals surface area contributed by atoms with Crippen LogP contribution in [-0.2, 0) is 6.42 Å². The molecule has 23 heavy (non-hydrogen) atoms. The number of imidazole rings is 1. The van der Waals surface area contributed by atoms with E-state index in [0.29, 0.717) is 22.8 Å². The average molecular weight is 328 g/mol. The second kappa shape index (κ2) is 6.05. The smallest absolute Gasteiger partial charge is 0.274 e. The third kappa shape index (κ3) is 2.94. The number of nitrogens with zero attached hydrogens (tertiary/aromatic N) is 2. The van der Waals surface area contributed by atoms with E-state index >= 15 is 0 Å². The lowest BCUT2D eigenvalue weighted by molar-refractivity contribution is 0.102. The van der Waals surface area contributed by atoms with Gasteiger partial charge in [-0.2, -0.15) is 0 Å². The minimum atomic E-state index is -0.162. The molecule has 0 atom stereocenters. The van der Waals surface area contributed by atoms with Crippen molar-refractivity contribution in [2.45, 2.75) is 27.2 Å². The van der Waals surface area contributed by atoms with E-state index in [-0.39, 0.29) is 5.91 Å². The van der Waals surface area contributed by atoms with Crippen LogP contribution in [0.4, 0.5) is 5.69 Å². The topological polar surface area (TPSA) is 46.4 Å². The minimum absolute atomic E-state index is 0.162. The summed E-state index contributed by atoms with van der Waals surface area (Å²) in [5.41, 5.74) is 4.95. The molecule has 0 aliphatic carbocycles. The van der Waals surface area contributed by atoms with Crippen molar-refractivity contribution in [1.82, 2.24) is 9.38 Å². The molecule has 118 valence electrons. The summed E-state index contributed by atoms with van der Waals surface area (Å²) in [6, 6.07) is 9.51. The Balaban J connectivity index is 2.05. The zero-order valence-corrected chi connectivity index (χ0v) is 14.1. The first-order chi connectivity index (χ1) is 11.0. The first-order valence-corrected chi connectivity index (χ1v) is 7.92. The second-order valence-electron chi connectivity index (χ2n) is 5.61. The van der Waals surface area contributed by atoms with Gasteiger partial charge in [-0.05, 0) is 43.5 Å². The van der Waals surface area contributed by atoms with E-state index in [9.17, 15) is 4.79 Å².